The first kappa shape index (κ1) is 16.9. The summed E-state index contributed by atoms with van der Waals surface area (Å²) in [5.41, 5.74) is 0. The molecule has 0 spiro atoms. The van der Waals surface area contributed by atoms with Gasteiger partial charge in [-0.1, -0.05) is 19.9 Å². The molecule has 1 amide bonds. The Morgan fingerprint density at radius 1 is 1.25 bits per heavy atom. The maximum absolute atomic E-state index is 12.7. The predicted octanol–water partition coefficient (Wildman–Crippen LogP) is 3.27. The highest BCUT2D eigenvalue weighted by Gasteiger charge is 2.28. The number of aromatic nitrogens is 2. The third-order valence-corrected chi connectivity index (χ3v) is 5.47. The van der Waals surface area contributed by atoms with Crippen molar-refractivity contribution in [1.82, 2.24) is 15.3 Å². The van der Waals surface area contributed by atoms with Crippen LogP contribution in [0.3, 0.4) is 0 Å². The van der Waals surface area contributed by atoms with Crippen molar-refractivity contribution >= 4 is 23.2 Å². The molecule has 3 rings (SSSR count). The first-order valence-corrected chi connectivity index (χ1v) is 9.39. The van der Waals surface area contributed by atoms with Crippen LogP contribution in [0.5, 0.6) is 0 Å². The molecule has 0 unspecified atom stereocenters. The Labute approximate surface area is 147 Å². The number of thiophene rings is 1. The third-order valence-electron chi connectivity index (χ3n) is 4.51. The maximum Gasteiger partial charge on any atom is 0.225 e. The minimum absolute atomic E-state index is 0.0752. The van der Waals surface area contributed by atoms with Crippen LogP contribution < -0.4 is 10.2 Å². The van der Waals surface area contributed by atoms with E-state index in [9.17, 15) is 4.79 Å². The molecule has 0 saturated carbocycles. The molecule has 1 fully saturated rings. The van der Waals surface area contributed by atoms with Crippen molar-refractivity contribution in [3.63, 3.8) is 0 Å². The van der Waals surface area contributed by atoms with Gasteiger partial charge in [0.15, 0.2) is 0 Å². The van der Waals surface area contributed by atoms with Gasteiger partial charge in [0.25, 0.3) is 0 Å². The summed E-state index contributed by atoms with van der Waals surface area (Å²) in [5.74, 6) is 1.39. The Balaban J connectivity index is 1.57. The average Bonchev–Trinajstić information content (AvgIpc) is 3.14. The fourth-order valence-corrected chi connectivity index (χ4v) is 4.05. The van der Waals surface area contributed by atoms with Gasteiger partial charge in [-0.05, 0) is 36.3 Å². The Hall–Kier alpha value is -1.95. The topological polar surface area (TPSA) is 58.1 Å². The molecular weight excluding hydrogens is 320 g/mol. The smallest absolute Gasteiger partial charge is 0.225 e. The van der Waals surface area contributed by atoms with Crippen molar-refractivity contribution in [3.8, 4) is 0 Å². The van der Waals surface area contributed by atoms with Gasteiger partial charge in [-0.2, -0.15) is 0 Å². The molecule has 0 aliphatic carbocycles. The summed E-state index contributed by atoms with van der Waals surface area (Å²) >= 11 is 1.71. The summed E-state index contributed by atoms with van der Waals surface area (Å²) in [5, 5.41) is 5.33. The molecule has 6 heteroatoms. The van der Waals surface area contributed by atoms with Crippen LogP contribution >= 0.6 is 11.3 Å². The fraction of sp³-hybridized carbons (Fsp3) is 0.500. The third kappa shape index (κ3) is 3.93. The van der Waals surface area contributed by atoms with Crippen LogP contribution in [0.15, 0.2) is 36.0 Å². The molecule has 0 radical (unpaired) electrons. The largest absolute Gasteiger partial charge is 0.348 e. The summed E-state index contributed by atoms with van der Waals surface area (Å²) in [7, 11) is 0. The van der Waals surface area contributed by atoms with Crippen LogP contribution in [0.1, 0.15) is 37.6 Å². The van der Waals surface area contributed by atoms with Gasteiger partial charge in [-0.15, -0.1) is 11.3 Å². The summed E-state index contributed by atoms with van der Waals surface area (Å²) in [6.45, 7) is 5.96. The Morgan fingerprint density at radius 3 is 2.54 bits per heavy atom. The van der Waals surface area contributed by atoms with Gasteiger partial charge in [0.05, 0.1) is 6.04 Å². The molecule has 1 N–H and O–H groups in total. The number of nitrogens with one attached hydrogen (secondary N) is 1. The first-order valence-electron chi connectivity index (χ1n) is 8.51. The zero-order valence-electron chi connectivity index (χ0n) is 14.2. The van der Waals surface area contributed by atoms with Crippen LogP contribution in [-0.4, -0.2) is 29.0 Å². The second-order valence-electron chi connectivity index (χ2n) is 6.56. The minimum atomic E-state index is 0.0752. The number of nitrogens with zero attached hydrogens (tertiary/aromatic N) is 3. The average molecular weight is 344 g/mol. The highest BCUT2D eigenvalue weighted by atomic mass is 32.1. The van der Waals surface area contributed by atoms with E-state index >= 15 is 0 Å². The molecule has 1 aliphatic heterocycles. The molecule has 0 bridgehead atoms. The number of carbonyl (C=O) groups excluding carboxylic acids is 1. The normalized spacial score (nSPS) is 17.0. The lowest BCUT2D eigenvalue weighted by Crippen LogP contribution is -2.42. The van der Waals surface area contributed by atoms with Crippen molar-refractivity contribution < 1.29 is 4.79 Å². The van der Waals surface area contributed by atoms with E-state index in [4.69, 9.17) is 0 Å². The van der Waals surface area contributed by atoms with Crippen molar-refractivity contribution in [2.75, 3.05) is 18.0 Å². The molecule has 1 aliphatic rings. The molecule has 24 heavy (non-hydrogen) atoms. The zero-order valence-corrected chi connectivity index (χ0v) is 15.0. The van der Waals surface area contributed by atoms with Crippen molar-refractivity contribution in [1.29, 1.82) is 0 Å². The number of carbonyl (C=O) groups is 1. The first-order chi connectivity index (χ1) is 11.6. The fourth-order valence-electron chi connectivity index (χ4n) is 3.10. The molecule has 5 nitrogen and oxygen atoms in total. The van der Waals surface area contributed by atoms with E-state index in [2.05, 4.69) is 45.5 Å². The Kier molecular flexibility index (Phi) is 5.45. The molecule has 1 atom stereocenters. The summed E-state index contributed by atoms with van der Waals surface area (Å²) in [4.78, 5) is 24.7. The molecule has 3 heterocycles. The minimum Gasteiger partial charge on any atom is -0.348 e. The Morgan fingerprint density at radius 2 is 1.96 bits per heavy atom. The lowest BCUT2D eigenvalue weighted by molar-refractivity contribution is -0.126. The lowest BCUT2D eigenvalue weighted by Gasteiger charge is -2.32. The summed E-state index contributed by atoms with van der Waals surface area (Å²) < 4.78 is 0. The van der Waals surface area contributed by atoms with Crippen LogP contribution in [0, 0.1) is 11.8 Å². The number of rotatable bonds is 5. The van der Waals surface area contributed by atoms with E-state index in [1.807, 2.05) is 12.1 Å². The Bertz CT molecular complexity index is 636. The van der Waals surface area contributed by atoms with E-state index < -0.39 is 0 Å². The number of hydrogen-bond acceptors (Lipinski definition) is 5. The van der Waals surface area contributed by atoms with Crippen LogP contribution in [-0.2, 0) is 4.79 Å². The van der Waals surface area contributed by atoms with Gasteiger partial charge in [0, 0.05) is 36.3 Å². The van der Waals surface area contributed by atoms with Crippen molar-refractivity contribution in [2.45, 2.75) is 32.7 Å². The summed E-state index contributed by atoms with van der Waals surface area (Å²) in [6, 6.07) is 6.07. The number of piperidine rings is 1. The summed E-state index contributed by atoms with van der Waals surface area (Å²) in [6.07, 6.45) is 5.21. The number of anilines is 1. The van der Waals surface area contributed by atoms with Gasteiger partial charge in [-0.25, -0.2) is 9.97 Å². The molecule has 2 aromatic heterocycles. The van der Waals surface area contributed by atoms with Crippen molar-refractivity contribution in [2.24, 2.45) is 11.8 Å². The number of amides is 1. The SMILES string of the molecule is CC(C)[C@@H](NC(=O)C1CCN(c2ncccn2)CC1)c1cccs1. The monoisotopic (exact) mass is 344 g/mol. The van der Waals surface area contributed by atoms with Crippen LogP contribution in [0.25, 0.3) is 0 Å². The highest BCUT2D eigenvalue weighted by molar-refractivity contribution is 7.10. The van der Waals surface area contributed by atoms with E-state index in [1.54, 1.807) is 23.7 Å². The van der Waals surface area contributed by atoms with Crippen LogP contribution in [0.4, 0.5) is 5.95 Å². The van der Waals surface area contributed by atoms with Gasteiger partial charge < -0.3 is 10.2 Å². The standard InChI is InChI=1S/C18H24N4OS/c1-13(2)16(15-5-3-12-24-15)21-17(23)14-6-10-22(11-7-14)18-19-8-4-9-20-18/h3-5,8-9,12-14,16H,6-7,10-11H2,1-2H3,(H,21,23)/t16-/m1/s1. The van der Waals surface area contributed by atoms with Gasteiger partial charge in [0.1, 0.15) is 0 Å². The van der Waals surface area contributed by atoms with E-state index in [-0.39, 0.29) is 17.9 Å². The molecular formula is C18H24N4OS. The van der Waals surface area contributed by atoms with Gasteiger partial charge in [0.2, 0.25) is 11.9 Å². The van der Waals surface area contributed by atoms with Gasteiger partial charge in [-0.3, -0.25) is 4.79 Å². The lowest BCUT2D eigenvalue weighted by atomic mass is 9.94. The zero-order chi connectivity index (χ0) is 16.9. The second kappa shape index (κ2) is 7.75. The van der Waals surface area contributed by atoms with Crippen LogP contribution in [0.2, 0.25) is 0 Å². The van der Waals surface area contributed by atoms with Gasteiger partial charge >= 0.3 is 0 Å². The number of hydrogen-bond donors (Lipinski definition) is 1. The van der Waals surface area contributed by atoms with E-state index in [0.717, 1.165) is 31.9 Å². The molecule has 128 valence electrons. The quantitative estimate of drug-likeness (QED) is 0.904. The predicted molar refractivity (Wildman–Crippen MR) is 97.0 cm³/mol. The van der Waals surface area contributed by atoms with E-state index in [0.29, 0.717) is 5.92 Å². The van der Waals surface area contributed by atoms with Crippen molar-refractivity contribution in [3.05, 3.63) is 40.8 Å². The molecule has 2 aromatic rings. The van der Waals surface area contributed by atoms with E-state index in [1.165, 1.54) is 4.88 Å². The second-order valence-corrected chi connectivity index (χ2v) is 7.54. The molecule has 1 saturated heterocycles. The maximum atomic E-state index is 12.7. The molecule has 0 aromatic carbocycles. The highest BCUT2D eigenvalue weighted by Crippen LogP contribution is 2.27.